The predicted molar refractivity (Wildman–Crippen MR) is 62.7 cm³/mol. The maximum atomic E-state index is 6.32. The van der Waals surface area contributed by atoms with E-state index in [4.69, 9.17) is 11.6 Å². The zero-order chi connectivity index (χ0) is 9.97. The van der Waals surface area contributed by atoms with Gasteiger partial charge < -0.3 is 0 Å². The fraction of sp³-hybridized carbons (Fsp3) is 1.00. The van der Waals surface area contributed by atoms with E-state index in [9.17, 15) is 0 Å². The summed E-state index contributed by atoms with van der Waals surface area (Å²) in [4.78, 5) is 0. The Morgan fingerprint density at radius 3 is 2.00 bits per heavy atom. The standard InChI is InChI=1S/C13H23Cl/c1-10-12(8-9-13(10)14)11-6-4-2-3-5-7-11/h10-13H,2-9H2,1H3. The van der Waals surface area contributed by atoms with Crippen molar-refractivity contribution in [2.24, 2.45) is 17.8 Å². The van der Waals surface area contributed by atoms with Crippen molar-refractivity contribution in [3.05, 3.63) is 0 Å². The van der Waals surface area contributed by atoms with Gasteiger partial charge >= 0.3 is 0 Å². The molecule has 0 N–H and O–H groups in total. The van der Waals surface area contributed by atoms with Crippen molar-refractivity contribution in [3.8, 4) is 0 Å². The van der Waals surface area contributed by atoms with Gasteiger partial charge in [0.15, 0.2) is 0 Å². The van der Waals surface area contributed by atoms with Crippen LogP contribution in [0.25, 0.3) is 0 Å². The van der Waals surface area contributed by atoms with Crippen LogP contribution >= 0.6 is 11.6 Å². The third kappa shape index (κ3) is 2.27. The molecular formula is C13H23Cl. The lowest BCUT2D eigenvalue weighted by Crippen LogP contribution is -2.19. The molecule has 0 aromatic carbocycles. The van der Waals surface area contributed by atoms with Crippen molar-refractivity contribution in [2.45, 2.75) is 63.7 Å². The summed E-state index contributed by atoms with van der Waals surface area (Å²) in [5, 5.41) is 0.475. The molecule has 0 heterocycles. The fourth-order valence-corrected chi connectivity index (χ4v) is 3.86. The summed E-state index contributed by atoms with van der Waals surface area (Å²) >= 11 is 6.32. The maximum absolute atomic E-state index is 6.32. The third-order valence-corrected chi connectivity index (χ3v) is 5.14. The van der Waals surface area contributed by atoms with E-state index in [1.807, 2.05) is 0 Å². The molecule has 0 saturated heterocycles. The normalized spacial score (nSPS) is 41.1. The highest BCUT2D eigenvalue weighted by molar-refractivity contribution is 6.20. The van der Waals surface area contributed by atoms with Gasteiger partial charge in [0.1, 0.15) is 0 Å². The lowest BCUT2D eigenvalue weighted by molar-refractivity contribution is 0.250. The predicted octanol–water partition coefficient (Wildman–Crippen LogP) is 4.61. The highest BCUT2D eigenvalue weighted by atomic mass is 35.5. The highest BCUT2D eigenvalue weighted by Gasteiger charge is 2.36. The first-order chi connectivity index (χ1) is 6.79. The Bertz CT molecular complexity index is 170. The summed E-state index contributed by atoms with van der Waals surface area (Å²) in [5.74, 6) is 2.74. The Balaban J connectivity index is 1.92. The number of rotatable bonds is 1. The molecule has 3 atom stereocenters. The minimum absolute atomic E-state index is 0.475. The molecule has 0 amide bonds. The maximum Gasteiger partial charge on any atom is 0.0364 e. The minimum Gasteiger partial charge on any atom is -0.123 e. The van der Waals surface area contributed by atoms with Gasteiger partial charge in [-0.1, -0.05) is 45.4 Å². The van der Waals surface area contributed by atoms with Crippen LogP contribution in [0.2, 0.25) is 0 Å². The zero-order valence-electron chi connectivity index (χ0n) is 9.34. The Hall–Kier alpha value is 0.290. The molecule has 3 unspecified atom stereocenters. The molecule has 0 aromatic heterocycles. The van der Waals surface area contributed by atoms with Gasteiger partial charge in [-0.2, -0.15) is 0 Å². The van der Waals surface area contributed by atoms with Gasteiger partial charge in [0.2, 0.25) is 0 Å². The van der Waals surface area contributed by atoms with Crippen molar-refractivity contribution >= 4 is 11.6 Å². The van der Waals surface area contributed by atoms with Crippen LogP contribution in [-0.2, 0) is 0 Å². The molecule has 2 aliphatic carbocycles. The quantitative estimate of drug-likeness (QED) is 0.442. The largest absolute Gasteiger partial charge is 0.123 e. The second-order valence-corrected chi connectivity index (χ2v) is 5.93. The van der Waals surface area contributed by atoms with Crippen molar-refractivity contribution < 1.29 is 0 Å². The second kappa shape index (κ2) is 4.88. The first-order valence-electron chi connectivity index (χ1n) is 6.43. The molecule has 0 aromatic rings. The summed E-state index contributed by atoms with van der Waals surface area (Å²) < 4.78 is 0. The van der Waals surface area contributed by atoms with Crippen LogP contribution in [0.4, 0.5) is 0 Å². The molecular weight excluding hydrogens is 192 g/mol. The van der Waals surface area contributed by atoms with Gasteiger partial charge in [-0.15, -0.1) is 11.6 Å². The van der Waals surface area contributed by atoms with Gasteiger partial charge in [-0.05, 0) is 30.6 Å². The van der Waals surface area contributed by atoms with Crippen LogP contribution in [0.3, 0.4) is 0 Å². The fourth-order valence-electron chi connectivity index (χ4n) is 3.55. The Kier molecular flexibility index (Phi) is 3.76. The van der Waals surface area contributed by atoms with Crippen molar-refractivity contribution in [1.29, 1.82) is 0 Å². The van der Waals surface area contributed by atoms with E-state index in [0.29, 0.717) is 5.38 Å². The van der Waals surface area contributed by atoms with E-state index >= 15 is 0 Å². The van der Waals surface area contributed by atoms with Crippen molar-refractivity contribution in [1.82, 2.24) is 0 Å². The van der Waals surface area contributed by atoms with E-state index in [1.165, 1.54) is 51.4 Å². The van der Waals surface area contributed by atoms with Crippen molar-refractivity contribution in [2.75, 3.05) is 0 Å². The van der Waals surface area contributed by atoms with E-state index in [1.54, 1.807) is 0 Å². The van der Waals surface area contributed by atoms with E-state index in [2.05, 4.69) is 6.92 Å². The van der Waals surface area contributed by atoms with Crippen LogP contribution in [-0.4, -0.2) is 5.38 Å². The summed E-state index contributed by atoms with van der Waals surface area (Å²) in [6.07, 6.45) is 11.5. The third-order valence-electron chi connectivity index (χ3n) is 4.53. The summed E-state index contributed by atoms with van der Waals surface area (Å²) in [6, 6.07) is 0. The molecule has 0 bridgehead atoms. The minimum atomic E-state index is 0.475. The Morgan fingerprint density at radius 1 is 0.857 bits per heavy atom. The van der Waals surface area contributed by atoms with Gasteiger partial charge in [-0.3, -0.25) is 0 Å². The van der Waals surface area contributed by atoms with Gasteiger partial charge in [0.25, 0.3) is 0 Å². The number of alkyl halides is 1. The molecule has 2 fully saturated rings. The molecule has 0 spiro atoms. The Labute approximate surface area is 93.4 Å². The van der Waals surface area contributed by atoms with Gasteiger partial charge in [0.05, 0.1) is 0 Å². The molecule has 0 radical (unpaired) electrons. The number of hydrogen-bond donors (Lipinski definition) is 0. The first kappa shape index (κ1) is 10.8. The monoisotopic (exact) mass is 214 g/mol. The molecule has 82 valence electrons. The summed E-state index contributed by atoms with van der Waals surface area (Å²) in [7, 11) is 0. The lowest BCUT2D eigenvalue weighted by Gasteiger charge is -2.26. The molecule has 2 aliphatic rings. The Morgan fingerprint density at radius 2 is 1.50 bits per heavy atom. The number of hydrogen-bond acceptors (Lipinski definition) is 0. The molecule has 0 aliphatic heterocycles. The lowest BCUT2D eigenvalue weighted by atomic mass is 9.80. The average molecular weight is 215 g/mol. The average Bonchev–Trinajstić information content (AvgIpc) is 2.47. The smallest absolute Gasteiger partial charge is 0.0364 e. The second-order valence-electron chi connectivity index (χ2n) is 5.37. The van der Waals surface area contributed by atoms with Crippen LogP contribution in [0.1, 0.15) is 58.3 Å². The van der Waals surface area contributed by atoms with E-state index < -0.39 is 0 Å². The summed E-state index contributed by atoms with van der Waals surface area (Å²) in [6.45, 7) is 2.38. The van der Waals surface area contributed by atoms with Crippen LogP contribution in [0.15, 0.2) is 0 Å². The van der Waals surface area contributed by atoms with Gasteiger partial charge in [-0.25, -0.2) is 0 Å². The van der Waals surface area contributed by atoms with E-state index in [-0.39, 0.29) is 0 Å². The summed E-state index contributed by atoms with van der Waals surface area (Å²) in [5.41, 5.74) is 0. The molecule has 14 heavy (non-hydrogen) atoms. The molecule has 2 saturated carbocycles. The first-order valence-corrected chi connectivity index (χ1v) is 6.86. The van der Waals surface area contributed by atoms with Crippen LogP contribution in [0, 0.1) is 17.8 Å². The number of halogens is 1. The van der Waals surface area contributed by atoms with Crippen LogP contribution < -0.4 is 0 Å². The SMILES string of the molecule is CC1C(Cl)CCC1C1CCCCCC1. The molecule has 2 rings (SSSR count). The molecule has 0 nitrogen and oxygen atoms in total. The highest BCUT2D eigenvalue weighted by Crippen LogP contribution is 2.44. The molecule has 1 heteroatoms. The van der Waals surface area contributed by atoms with Gasteiger partial charge in [0, 0.05) is 5.38 Å². The topological polar surface area (TPSA) is 0 Å². The van der Waals surface area contributed by atoms with Crippen molar-refractivity contribution in [3.63, 3.8) is 0 Å². The van der Waals surface area contributed by atoms with E-state index in [0.717, 1.165) is 17.8 Å². The zero-order valence-corrected chi connectivity index (χ0v) is 10.1. The van der Waals surface area contributed by atoms with Crippen LogP contribution in [0.5, 0.6) is 0 Å².